The Balaban J connectivity index is 1.48. The van der Waals surface area contributed by atoms with Gasteiger partial charge in [0.25, 0.3) is 0 Å². The van der Waals surface area contributed by atoms with Crippen LogP contribution in [0.15, 0.2) is 0 Å². The molecule has 5 fully saturated rings. The Hall–Kier alpha value is 0.350. The quantitative estimate of drug-likeness (QED) is 0.663. The number of rotatable bonds is 2. The first kappa shape index (κ1) is 11.2. The Labute approximate surface area is 110 Å². The molecule has 0 atom stereocenters. The molecule has 5 aliphatic rings. The molecule has 0 aromatic rings. The van der Waals surface area contributed by atoms with Crippen LogP contribution in [0, 0.1) is 17.8 Å². The molecule has 0 saturated heterocycles. The van der Waals surface area contributed by atoms with Gasteiger partial charge in [0.2, 0.25) is 0 Å². The van der Waals surface area contributed by atoms with Crippen LogP contribution < -0.4 is 0 Å². The average molecular weight is 250 g/mol. The van der Waals surface area contributed by atoms with E-state index in [4.69, 9.17) is 0 Å². The maximum Gasteiger partial charge on any atom is 0.0170 e. The first-order chi connectivity index (χ1) is 8.31. The fourth-order valence-electron chi connectivity index (χ4n) is 5.71. The Kier molecular flexibility index (Phi) is 2.76. The topological polar surface area (TPSA) is 0 Å². The van der Waals surface area contributed by atoms with Crippen LogP contribution in [-0.4, -0.2) is 10.00 Å². The third-order valence-corrected chi connectivity index (χ3v) is 7.76. The Morgan fingerprint density at radius 1 is 0.706 bits per heavy atom. The zero-order valence-electron chi connectivity index (χ0n) is 11.0. The maximum absolute atomic E-state index is 2.48. The van der Waals surface area contributed by atoms with Crippen molar-refractivity contribution in [1.29, 1.82) is 0 Å². The van der Waals surface area contributed by atoms with Gasteiger partial charge in [0.1, 0.15) is 0 Å². The molecule has 0 aliphatic heterocycles. The van der Waals surface area contributed by atoms with E-state index in [0.717, 1.165) is 27.8 Å². The molecule has 0 aromatic carbocycles. The molecule has 0 nitrogen and oxygen atoms in total. The van der Waals surface area contributed by atoms with Crippen molar-refractivity contribution >= 4 is 11.8 Å². The van der Waals surface area contributed by atoms with E-state index in [-0.39, 0.29) is 0 Å². The fraction of sp³-hybridized carbons (Fsp3) is 1.00. The average Bonchev–Trinajstić information content (AvgIpc) is 2.27. The van der Waals surface area contributed by atoms with Crippen LogP contribution >= 0.6 is 11.8 Å². The minimum atomic E-state index is 0.775. The van der Waals surface area contributed by atoms with Gasteiger partial charge >= 0.3 is 0 Å². The first-order valence-electron chi connectivity index (χ1n) is 7.99. The van der Waals surface area contributed by atoms with Crippen molar-refractivity contribution in [1.82, 2.24) is 0 Å². The molecule has 0 amide bonds. The summed E-state index contributed by atoms with van der Waals surface area (Å²) >= 11 is 2.48. The monoisotopic (exact) mass is 250 g/mol. The zero-order valence-corrected chi connectivity index (χ0v) is 11.8. The van der Waals surface area contributed by atoms with E-state index in [0.29, 0.717) is 0 Å². The minimum Gasteiger partial charge on any atom is -0.152 e. The molecule has 0 spiro atoms. The molecule has 5 aliphatic carbocycles. The smallest absolute Gasteiger partial charge is 0.0170 e. The molecular weight excluding hydrogens is 224 g/mol. The zero-order chi connectivity index (χ0) is 11.3. The molecule has 0 radical (unpaired) electrons. The van der Waals surface area contributed by atoms with Crippen LogP contribution in [-0.2, 0) is 0 Å². The molecule has 5 saturated carbocycles. The molecule has 96 valence electrons. The van der Waals surface area contributed by atoms with Crippen molar-refractivity contribution in [3.8, 4) is 0 Å². The summed E-state index contributed by atoms with van der Waals surface area (Å²) in [6.45, 7) is 0. The van der Waals surface area contributed by atoms with E-state index in [9.17, 15) is 0 Å². The van der Waals surface area contributed by atoms with Crippen LogP contribution in [0.25, 0.3) is 0 Å². The normalized spacial score (nSPS) is 49.8. The van der Waals surface area contributed by atoms with Gasteiger partial charge in [-0.2, -0.15) is 11.8 Å². The molecular formula is C16H26S. The summed E-state index contributed by atoms with van der Waals surface area (Å²) in [6.07, 6.45) is 17.2. The van der Waals surface area contributed by atoms with E-state index < -0.39 is 0 Å². The number of thioether (sulfide) groups is 1. The summed E-state index contributed by atoms with van der Waals surface area (Å²) < 4.78 is 0.775. The highest BCUT2D eigenvalue weighted by Crippen LogP contribution is 2.61. The van der Waals surface area contributed by atoms with Crippen LogP contribution in [0.1, 0.15) is 70.6 Å². The first-order valence-corrected chi connectivity index (χ1v) is 8.87. The maximum atomic E-state index is 2.48. The van der Waals surface area contributed by atoms with Gasteiger partial charge in [-0.3, -0.25) is 0 Å². The second kappa shape index (κ2) is 4.18. The van der Waals surface area contributed by atoms with Crippen LogP contribution in [0.4, 0.5) is 0 Å². The second-order valence-corrected chi connectivity index (χ2v) is 9.25. The van der Waals surface area contributed by atoms with Crippen molar-refractivity contribution in [3.63, 3.8) is 0 Å². The van der Waals surface area contributed by atoms with Gasteiger partial charge in [-0.25, -0.2) is 0 Å². The molecule has 0 aromatic heterocycles. The standard InChI is InChI=1S/C16H26S/c1-2-4-15(5-3-1)17-16-9-12-6-13(10-16)8-14(7-12)11-16/h12-15H,1-11H2. The highest BCUT2D eigenvalue weighted by atomic mass is 32.2. The van der Waals surface area contributed by atoms with E-state index in [1.807, 2.05) is 0 Å². The van der Waals surface area contributed by atoms with E-state index in [1.54, 1.807) is 38.5 Å². The predicted molar refractivity (Wildman–Crippen MR) is 75.4 cm³/mol. The molecule has 4 bridgehead atoms. The number of hydrogen-bond donors (Lipinski definition) is 0. The molecule has 1 heteroatoms. The van der Waals surface area contributed by atoms with Crippen molar-refractivity contribution in [3.05, 3.63) is 0 Å². The largest absolute Gasteiger partial charge is 0.152 e. The van der Waals surface area contributed by atoms with Gasteiger partial charge in [-0.15, -0.1) is 0 Å². The van der Waals surface area contributed by atoms with Crippen molar-refractivity contribution in [2.75, 3.05) is 0 Å². The highest BCUT2D eigenvalue weighted by molar-refractivity contribution is 8.01. The third-order valence-electron chi connectivity index (χ3n) is 5.95. The lowest BCUT2D eigenvalue weighted by molar-refractivity contribution is 0.0380. The summed E-state index contributed by atoms with van der Waals surface area (Å²) in [5.41, 5.74) is 0. The second-order valence-electron chi connectivity index (χ2n) is 7.48. The molecule has 5 rings (SSSR count). The van der Waals surface area contributed by atoms with Gasteiger partial charge in [0.15, 0.2) is 0 Å². The van der Waals surface area contributed by atoms with Crippen molar-refractivity contribution in [2.45, 2.75) is 80.6 Å². The number of hydrogen-bond acceptors (Lipinski definition) is 1. The highest BCUT2D eigenvalue weighted by Gasteiger charge is 2.51. The predicted octanol–water partition coefficient (Wildman–Crippen LogP) is 5.02. The summed E-state index contributed by atoms with van der Waals surface area (Å²) in [5, 5.41) is 1.04. The molecule has 17 heavy (non-hydrogen) atoms. The summed E-state index contributed by atoms with van der Waals surface area (Å²) in [5.74, 6) is 3.41. The van der Waals surface area contributed by atoms with Gasteiger partial charge in [0.05, 0.1) is 0 Å². The van der Waals surface area contributed by atoms with Gasteiger partial charge in [-0.05, 0) is 69.1 Å². The van der Waals surface area contributed by atoms with Crippen LogP contribution in [0.5, 0.6) is 0 Å². The molecule has 0 N–H and O–H groups in total. The van der Waals surface area contributed by atoms with Crippen LogP contribution in [0.3, 0.4) is 0 Å². The van der Waals surface area contributed by atoms with E-state index >= 15 is 0 Å². The molecule has 0 heterocycles. The Morgan fingerprint density at radius 2 is 1.24 bits per heavy atom. The molecule has 0 unspecified atom stereocenters. The Morgan fingerprint density at radius 3 is 1.76 bits per heavy atom. The van der Waals surface area contributed by atoms with E-state index in [2.05, 4.69) is 11.8 Å². The van der Waals surface area contributed by atoms with Gasteiger partial charge in [-0.1, -0.05) is 19.3 Å². The van der Waals surface area contributed by atoms with Crippen molar-refractivity contribution < 1.29 is 0 Å². The summed E-state index contributed by atoms with van der Waals surface area (Å²) in [6, 6.07) is 0. The third kappa shape index (κ3) is 2.07. The lowest BCUT2D eigenvalue weighted by Gasteiger charge is -2.57. The fourth-order valence-corrected chi connectivity index (χ4v) is 7.98. The summed E-state index contributed by atoms with van der Waals surface area (Å²) in [7, 11) is 0. The van der Waals surface area contributed by atoms with E-state index in [1.165, 1.54) is 32.1 Å². The van der Waals surface area contributed by atoms with Crippen LogP contribution in [0.2, 0.25) is 0 Å². The minimum absolute atomic E-state index is 0.775. The lowest BCUT2D eigenvalue weighted by atomic mass is 9.56. The summed E-state index contributed by atoms with van der Waals surface area (Å²) in [4.78, 5) is 0. The van der Waals surface area contributed by atoms with Gasteiger partial charge < -0.3 is 0 Å². The SMILES string of the molecule is C1CCC(SC23CC4CC(CC(C4)C2)C3)CC1. The van der Waals surface area contributed by atoms with Gasteiger partial charge in [0, 0.05) is 10.00 Å². The lowest BCUT2D eigenvalue weighted by Crippen LogP contribution is -2.49. The van der Waals surface area contributed by atoms with Crippen molar-refractivity contribution in [2.24, 2.45) is 17.8 Å². The Bertz CT molecular complexity index is 255.